The molecule has 2 heterocycles. The molecule has 3 rings (SSSR count). The maximum atomic E-state index is 13.0. The first kappa shape index (κ1) is 21.3. The number of hydrogen-bond acceptors (Lipinski definition) is 7. The molecule has 2 aromatic rings. The Morgan fingerprint density at radius 3 is 2.61 bits per heavy atom. The molecule has 1 aromatic carbocycles. The molecule has 28 heavy (non-hydrogen) atoms. The molecule has 0 bridgehead atoms. The van der Waals surface area contributed by atoms with Crippen LogP contribution in [-0.2, 0) is 7.05 Å². The van der Waals surface area contributed by atoms with Crippen molar-refractivity contribution in [1.29, 1.82) is 0 Å². The van der Waals surface area contributed by atoms with Crippen LogP contribution < -0.4 is 21.9 Å². The highest BCUT2D eigenvalue weighted by Gasteiger charge is 2.23. The normalized spacial score (nSPS) is 15.2. The lowest BCUT2D eigenvalue weighted by molar-refractivity contribution is 0.254. The second-order valence-electron chi connectivity index (χ2n) is 6.62. The maximum Gasteiger partial charge on any atom is 0.270 e. The van der Waals surface area contributed by atoms with Crippen LogP contribution >= 0.6 is 35.0 Å². The van der Waals surface area contributed by atoms with Gasteiger partial charge in [0.15, 0.2) is 0 Å². The van der Waals surface area contributed by atoms with Gasteiger partial charge in [0.05, 0.1) is 10.0 Å². The molecule has 7 nitrogen and oxygen atoms in total. The van der Waals surface area contributed by atoms with Crippen molar-refractivity contribution in [1.82, 2.24) is 14.5 Å². The highest BCUT2D eigenvalue weighted by molar-refractivity contribution is 7.99. The Morgan fingerprint density at radius 1 is 1.21 bits per heavy atom. The van der Waals surface area contributed by atoms with Crippen molar-refractivity contribution in [2.24, 2.45) is 12.8 Å². The Balaban J connectivity index is 1.81. The van der Waals surface area contributed by atoms with Crippen LogP contribution in [0.5, 0.6) is 0 Å². The van der Waals surface area contributed by atoms with Gasteiger partial charge in [-0.15, -0.1) is 0 Å². The maximum absolute atomic E-state index is 13.0. The van der Waals surface area contributed by atoms with E-state index in [-0.39, 0.29) is 11.4 Å². The van der Waals surface area contributed by atoms with E-state index >= 15 is 0 Å². The third-order valence-electron chi connectivity index (χ3n) is 4.71. The van der Waals surface area contributed by atoms with Gasteiger partial charge in [0, 0.05) is 38.1 Å². The van der Waals surface area contributed by atoms with Crippen molar-refractivity contribution in [3.05, 3.63) is 38.6 Å². The van der Waals surface area contributed by atoms with Crippen LogP contribution in [-0.4, -0.2) is 53.7 Å². The first-order chi connectivity index (χ1) is 13.4. The summed E-state index contributed by atoms with van der Waals surface area (Å²) >= 11 is 13.5. The number of hydrogen-bond donors (Lipinski definition) is 2. The second-order valence-corrected chi connectivity index (χ2v) is 8.45. The van der Waals surface area contributed by atoms with E-state index < -0.39 is 0 Å². The summed E-state index contributed by atoms with van der Waals surface area (Å²) in [6, 6.07) is 5.28. The Kier molecular flexibility index (Phi) is 7.11. The smallest absolute Gasteiger partial charge is 0.270 e. The molecule has 0 saturated carbocycles. The minimum absolute atomic E-state index is 0.199. The Hall–Kier alpha value is -1.45. The van der Waals surface area contributed by atoms with E-state index in [0.717, 1.165) is 39.1 Å². The molecule has 0 radical (unpaired) electrons. The fraction of sp³-hybridized carbons (Fsp3) is 0.444. The quantitative estimate of drug-likeness (QED) is 0.708. The molecule has 10 heteroatoms. The van der Waals surface area contributed by atoms with E-state index in [4.69, 9.17) is 34.7 Å². The molecule has 0 amide bonds. The fourth-order valence-electron chi connectivity index (χ4n) is 3.12. The summed E-state index contributed by atoms with van der Waals surface area (Å²) in [5.41, 5.74) is 11.5. The van der Waals surface area contributed by atoms with Crippen molar-refractivity contribution in [3.63, 3.8) is 0 Å². The monoisotopic (exact) mass is 442 g/mol. The van der Waals surface area contributed by atoms with Gasteiger partial charge in [0.25, 0.3) is 5.56 Å². The molecule has 1 saturated heterocycles. The number of benzene rings is 1. The summed E-state index contributed by atoms with van der Waals surface area (Å²) < 4.78 is 1.55. The van der Waals surface area contributed by atoms with E-state index in [1.807, 2.05) is 0 Å². The van der Waals surface area contributed by atoms with Crippen LogP contribution in [0.2, 0.25) is 10.0 Å². The molecular weight excluding hydrogens is 419 g/mol. The van der Waals surface area contributed by atoms with Gasteiger partial charge in [-0.05, 0) is 31.6 Å². The number of anilines is 2. The minimum Gasteiger partial charge on any atom is -0.382 e. The van der Waals surface area contributed by atoms with E-state index in [1.165, 1.54) is 11.8 Å². The lowest BCUT2D eigenvalue weighted by Gasteiger charge is -2.35. The molecule has 1 aliphatic rings. The zero-order valence-electron chi connectivity index (χ0n) is 15.7. The van der Waals surface area contributed by atoms with Gasteiger partial charge >= 0.3 is 0 Å². The Labute approximate surface area is 178 Å². The molecular formula is C18H24Cl2N6OS. The lowest BCUT2D eigenvalue weighted by Crippen LogP contribution is -2.48. The van der Waals surface area contributed by atoms with Crippen molar-refractivity contribution in [2.75, 3.05) is 49.9 Å². The standard InChI is InChI=1S/C18H24Cl2N6OS/c1-24-17(27)15(28-13-5-2-4-12(19)14(13)20)16(22)23-18(24)26-10-8-25(9-11-26)7-3-6-21/h2,4-5H,3,6-11,21-22H2,1H3. The molecule has 4 N–H and O–H groups in total. The number of halogens is 2. The van der Waals surface area contributed by atoms with E-state index in [0.29, 0.717) is 32.3 Å². The minimum atomic E-state index is -0.200. The summed E-state index contributed by atoms with van der Waals surface area (Å²) in [5, 5.41) is 0.826. The largest absolute Gasteiger partial charge is 0.382 e. The molecule has 152 valence electrons. The van der Waals surface area contributed by atoms with Gasteiger partial charge in [0.2, 0.25) is 5.95 Å². The summed E-state index contributed by atoms with van der Waals surface area (Å²) in [6.07, 6.45) is 0.988. The van der Waals surface area contributed by atoms with Gasteiger partial charge in [0.1, 0.15) is 10.7 Å². The number of rotatable bonds is 6. The first-order valence-corrected chi connectivity index (χ1v) is 10.7. The van der Waals surface area contributed by atoms with Gasteiger partial charge in [-0.2, -0.15) is 4.98 Å². The average molecular weight is 443 g/mol. The number of piperazine rings is 1. The van der Waals surface area contributed by atoms with E-state index in [1.54, 1.807) is 29.8 Å². The molecule has 1 aromatic heterocycles. The average Bonchev–Trinajstić information content (AvgIpc) is 2.70. The summed E-state index contributed by atoms with van der Waals surface area (Å²) in [6.45, 7) is 5.08. The van der Waals surface area contributed by atoms with Gasteiger partial charge < -0.3 is 16.4 Å². The second kappa shape index (κ2) is 9.37. The SMILES string of the molecule is Cn1c(N2CCN(CCCN)CC2)nc(N)c(Sc2cccc(Cl)c2Cl)c1=O. The number of nitrogens with two attached hydrogens (primary N) is 2. The number of nitrogen functional groups attached to an aromatic ring is 1. The molecule has 0 unspecified atom stereocenters. The topological polar surface area (TPSA) is 93.4 Å². The van der Waals surface area contributed by atoms with Gasteiger partial charge in [-0.3, -0.25) is 14.3 Å². The van der Waals surface area contributed by atoms with E-state index in [2.05, 4.69) is 14.8 Å². The van der Waals surface area contributed by atoms with E-state index in [9.17, 15) is 4.79 Å². The molecule has 1 aliphatic heterocycles. The van der Waals surface area contributed by atoms with Crippen LogP contribution in [0.1, 0.15) is 6.42 Å². The summed E-state index contributed by atoms with van der Waals surface area (Å²) in [5.74, 6) is 0.784. The van der Waals surface area contributed by atoms with Crippen molar-refractivity contribution in [3.8, 4) is 0 Å². The molecule has 0 atom stereocenters. The number of aromatic nitrogens is 2. The Bertz CT molecular complexity index is 898. The van der Waals surface area contributed by atoms with Crippen molar-refractivity contribution < 1.29 is 0 Å². The third kappa shape index (κ3) is 4.58. The molecule has 1 fully saturated rings. The first-order valence-electron chi connectivity index (χ1n) is 9.08. The fourth-order valence-corrected chi connectivity index (χ4v) is 4.54. The van der Waals surface area contributed by atoms with Crippen LogP contribution in [0.25, 0.3) is 0 Å². The molecule has 0 aliphatic carbocycles. The van der Waals surface area contributed by atoms with Crippen LogP contribution in [0.15, 0.2) is 32.8 Å². The highest BCUT2D eigenvalue weighted by Crippen LogP contribution is 2.37. The number of nitrogens with zero attached hydrogens (tertiary/aromatic N) is 4. The van der Waals surface area contributed by atoms with Crippen molar-refractivity contribution >= 4 is 46.7 Å². The van der Waals surface area contributed by atoms with Gasteiger partial charge in [-0.25, -0.2) is 0 Å². The third-order valence-corrected chi connectivity index (χ3v) is 6.79. The van der Waals surface area contributed by atoms with Crippen molar-refractivity contribution in [2.45, 2.75) is 16.2 Å². The van der Waals surface area contributed by atoms with Crippen LogP contribution in [0, 0.1) is 0 Å². The van der Waals surface area contributed by atoms with Gasteiger partial charge in [-0.1, -0.05) is 41.0 Å². The summed E-state index contributed by atoms with van der Waals surface area (Å²) in [4.78, 5) is 23.0. The Morgan fingerprint density at radius 2 is 1.93 bits per heavy atom. The predicted molar refractivity (Wildman–Crippen MR) is 117 cm³/mol. The van der Waals surface area contributed by atoms with Crippen LogP contribution in [0.3, 0.4) is 0 Å². The zero-order valence-corrected chi connectivity index (χ0v) is 18.0. The van der Waals surface area contributed by atoms with Crippen LogP contribution in [0.4, 0.5) is 11.8 Å². The summed E-state index contributed by atoms with van der Waals surface area (Å²) in [7, 11) is 1.72. The highest BCUT2D eigenvalue weighted by atomic mass is 35.5. The lowest BCUT2D eigenvalue weighted by atomic mass is 10.3. The predicted octanol–water partition coefficient (Wildman–Crippen LogP) is 2.29. The molecule has 0 spiro atoms. The zero-order chi connectivity index (χ0) is 20.3.